The van der Waals surface area contributed by atoms with E-state index >= 15 is 0 Å². The second kappa shape index (κ2) is 5.85. The lowest BCUT2D eigenvalue weighted by Crippen LogP contribution is -2.11. The molecule has 0 bridgehead atoms. The van der Waals surface area contributed by atoms with Gasteiger partial charge in [-0.3, -0.25) is 10.1 Å². The SMILES string of the molecule is O=C(Nc1nc(-c2cccs2)cs1)c1ccc(O)c(Cl)c1. The van der Waals surface area contributed by atoms with Gasteiger partial charge in [0.2, 0.25) is 0 Å². The van der Waals surface area contributed by atoms with E-state index in [1.54, 1.807) is 11.3 Å². The van der Waals surface area contributed by atoms with Crippen molar-refractivity contribution in [1.29, 1.82) is 0 Å². The fourth-order valence-corrected chi connectivity index (χ4v) is 3.33. The lowest BCUT2D eigenvalue weighted by atomic mass is 10.2. The molecule has 1 amide bonds. The van der Waals surface area contributed by atoms with Crippen molar-refractivity contribution in [1.82, 2.24) is 4.98 Å². The van der Waals surface area contributed by atoms with E-state index in [4.69, 9.17) is 11.6 Å². The molecule has 0 aliphatic heterocycles. The number of hydrogen-bond donors (Lipinski definition) is 2. The summed E-state index contributed by atoms with van der Waals surface area (Å²) in [5.74, 6) is -0.369. The van der Waals surface area contributed by atoms with Gasteiger partial charge < -0.3 is 5.11 Å². The third-order valence-electron chi connectivity index (χ3n) is 2.71. The smallest absolute Gasteiger partial charge is 0.257 e. The van der Waals surface area contributed by atoms with Gasteiger partial charge in [-0.15, -0.1) is 22.7 Å². The summed E-state index contributed by atoms with van der Waals surface area (Å²) in [4.78, 5) is 17.5. The average Bonchev–Trinajstić information content (AvgIpc) is 3.12. The lowest BCUT2D eigenvalue weighted by Gasteiger charge is -2.03. The van der Waals surface area contributed by atoms with Crippen molar-refractivity contribution in [3.8, 4) is 16.3 Å². The van der Waals surface area contributed by atoms with E-state index in [0.717, 1.165) is 10.6 Å². The Hall–Kier alpha value is -1.89. The fourth-order valence-electron chi connectivity index (χ4n) is 1.69. The minimum absolute atomic E-state index is 0.0533. The Kier molecular flexibility index (Phi) is 3.92. The monoisotopic (exact) mass is 336 g/mol. The van der Waals surface area contributed by atoms with Crippen molar-refractivity contribution >= 4 is 45.3 Å². The van der Waals surface area contributed by atoms with Gasteiger partial charge in [0.15, 0.2) is 5.13 Å². The molecule has 0 fully saturated rings. The van der Waals surface area contributed by atoms with Crippen LogP contribution in [0.4, 0.5) is 5.13 Å². The molecule has 0 aliphatic rings. The number of anilines is 1. The van der Waals surface area contributed by atoms with E-state index in [-0.39, 0.29) is 16.7 Å². The Balaban J connectivity index is 1.77. The maximum atomic E-state index is 12.1. The van der Waals surface area contributed by atoms with Crippen molar-refractivity contribution < 1.29 is 9.90 Å². The predicted molar refractivity (Wildman–Crippen MR) is 86.5 cm³/mol. The van der Waals surface area contributed by atoms with Crippen LogP contribution in [0.15, 0.2) is 41.1 Å². The van der Waals surface area contributed by atoms with Gasteiger partial charge in [-0.05, 0) is 29.6 Å². The maximum Gasteiger partial charge on any atom is 0.257 e. The maximum absolute atomic E-state index is 12.1. The van der Waals surface area contributed by atoms with Crippen LogP contribution in [0.25, 0.3) is 10.6 Å². The van der Waals surface area contributed by atoms with Crippen LogP contribution in [0.5, 0.6) is 5.75 Å². The molecule has 7 heteroatoms. The van der Waals surface area contributed by atoms with Gasteiger partial charge in [0.05, 0.1) is 15.6 Å². The second-order valence-electron chi connectivity index (χ2n) is 4.14. The van der Waals surface area contributed by atoms with Crippen molar-refractivity contribution in [3.05, 3.63) is 51.7 Å². The van der Waals surface area contributed by atoms with Gasteiger partial charge in [-0.2, -0.15) is 0 Å². The molecule has 3 aromatic rings. The predicted octanol–water partition coefficient (Wildman–Crippen LogP) is 4.48. The van der Waals surface area contributed by atoms with Gasteiger partial charge in [0.1, 0.15) is 5.75 Å². The van der Waals surface area contributed by atoms with Gasteiger partial charge in [-0.25, -0.2) is 4.98 Å². The summed E-state index contributed by atoms with van der Waals surface area (Å²) in [6, 6.07) is 8.24. The summed E-state index contributed by atoms with van der Waals surface area (Å²) in [5.41, 5.74) is 1.21. The summed E-state index contributed by atoms with van der Waals surface area (Å²) in [5, 5.41) is 16.6. The van der Waals surface area contributed by atoms with Crippen LogP contribution < -0.4 is 5.32 Å². The summed E-state index contributed by atoms with van der Waals surface area (Å²) in [6.45, 7) is 0. The molecule has 0 atom stereocenters. The number of carbonyl (C=O) groups is 1. The Morgan fingerprint density at radius 1 is 1.29 bits per heavy atom. The second-order valence-corrected chi connectivity index (χ2v) is 6.35. The number of hydrogen-bond acceptors (Lipinski definition) is 5. The van der Waals surface area contributed by atoms with Crippen molar-refractivity contribution in [3.63, 3.8) is 0 Å². The molecule has 1 aromatic carbocycles. The van der Waals surface area contributed by atoms with Crippen molar-refractivity contribution in [2.75, 3.05) is 5.32 Å². The van der Waals surface area contributed by atoms with E-state index in [1.165, 1.54) is 29.5 Å². The quantitative estimate of drug-likeness (QED) is 0.741. The first-order chi connectivity index (χ1) is 10.1. The molecule has 2 aromatic heterocycles. The minimum atomic E-state index is -0.316. The summed E-state index contributed by atoms with van der Waals surface area (Å²) >= 11 is 8.74. The van der Waals surface area contributed by atoms with Gasteiger partial charge in [0, 0.05) is 10.9 Å². The van der Waals surface area contributed by atoms with Gasteiger partial charge in [0.25, 0.3) is 5.91 Å². The largest absolute Gasteiger partial charge is 0.506 e. The number of aromatic nitrogens is 1. The number of thiazole rings is 1. The number of nitrogens with one attached hydrogen (secondary N) is 1. The van der Waals surface area contributed by atoms with E-state index in [1.807, 2.05) is 22.9 Å². The first kappa shape index (κ1) is 14.1. The van der Waals surface area contributed by atoms with E-state index < -0.39 is 0 Å². The van der Waals surface area contributed by atoms with E-state index in [0.29, 0.717) is 10.7 Å². The minimum Gasteiger partial charge on any atom is -0.506 e. The van der Waals surface area contributed by atoms with E-state index in [2.05, 4.69) is 10.3 Å². The molecule has 0 saturated carbocycles. The number of benzene rings is 1. The highest BCUT2D eigenvalue weighted by Crippen LogP contribution is 2.29. The van der Waals surface area contributed by atoms with Crippen LogP contribution in [0, 0.1) is 0 Å². The zero-order valence-electron chi connectivity index (χ0n) is 10.5. The molecule has 0 radical (unpaired) electrons. The summed E-state index contributed by atoms with van der Waals surface area (Å²) in [7, 11) is 0. The topological polar surface area (TPSA) is 62.2 Å². The van der Waals surface area contributed by atoms with Crippen LogP contribution in [0.1, 0.15) is 10.4 Å². The lowest BCUT2D eigenvalue weighted by molar-refractivity contribution is 0.102. The molecule has 4 nitrogen and oxygen atoms in total. The molecule has 0 saturated heterocycles. The number of halogens is 1. The number of thiophene rings is 1. The van der Waals surface area contributed by atoms with Gasteiger partial charge >= 0.3 is 0 Å². The highest BCUT2D eigenvalue weighted by Gasteiger charge is 2.11. The number of carbonyl (C=O) groups excluding carboxylic acids is 1. The normalized spacial score (nSPS) is 10.5. The zero-order chi connectivity index (χ0) is 14.8. The number of amides is 1. The Morgan fingerprint density at radius 3 is 2.86 bits per heavy atom. The molecule has 0 spiro atoms. The molecular weight excluding hydrogens is 328 g/mol. The molecule has 2 N–H and O–H groups in total. The summed E-state index contributed by atoms with van der Waals surface area (Å²) < 4.78 is 0. The third kappa shape index (κ3) is 3.07. The number of phenols is 1. The Morgan fingerprint density at radius 2 is 2.14 bits per heavy atom. The Labute approximate surface area is 133 Å². The molecule has 3 rings (SSSR count). The van der Waals surface area contributed by atoms with Gasteiger partial charge in [-0.1, -0.05) is 17.7 Å². The molecule has 0 unspecified atom stereocenters. The molecule has 106 valence electrons. The van der Waals surface area contributed by atoms with Crippen LogP contribution in [0.3, 0.4) is 0 Å². The first-order valence-corrected chi connectivity index (χ1v) is 8.06. The molecule has 0 aliphatic carbocycles. The zero-order valence-corrected chi connectivity index (χ0v) is 12.9. The average molecular weight is 337 g/mol. The number of rotatable bonds is 3. The highest BCUT2D eigenvalue weighted by molar-refractivity contribution is 7.16. The van der Waals surface area contributed by atoms with Crippen LogP contribution >= 0.6 is 34.3 Å². The fraction of sp³-hybridized carbons (Fsp3) is 0. The standard InChI is InChI=1S/C14H9ClN2O2S2/c15-9-6-8(3-4-11(9)18)13(19)17-14-16-10(7-21-14)12-2-1-5-20-12/h1-7,18H,(H,16,17,19). The van der Waals surface area contributed by atoms with Crippen molar-refractivity contribution in [2.45, 2.75) is 0 Å². The Bertz CT molecular complexity index is 784. The number of nitrogens with zero attached hydrogens (tertiary/aromatic N) is 1. The molecular formula is C14H9ClN2O2S2. The highest BCUT2D eigenvalue weighted by atomic mass is 35.5. The summed E-state index contributed by atoms with van der Waals surface area (Å²) in [6.07, 6.45) is 0. The van der Waals surface area contributed by atoms with Crippen molar-refractivity contribution in [2.24, 2.45) is 0 Å². The first-order valence-electron chi connectivity index (χ1n) is 5.93. The molecule has 2 heterocycles. The number of aromatic hydroxyl groups is 1. The number of phenolic OH excluding ortho intramolecular Hbond substituents is 1. The third-order valence-corrected chi connectivity index (χ3v) is 4.66. The van der Waals surface area contributed by atoms with Crippen LogP contribution in [-0.2, 0) is 0 Å². The van der Waals surface area contributed by atoms with E-state index in [9.17, 15) is 9.90 Å². The van der Waals surface area contributed by atoms with Crippen LogP contribution in [-0.4, -0.2) is 16.0 Å². The van der Waals surface area contributed by atoms with Crippen LogP contribution in [0.2, 0.25) is 5.02 Å². The molecule has 21 heavy (non-hydrogen) atoms.